The molecule has 1 N–H and O–H groups in total. The lowest BCUT2D eigenvalue weighted by Gasteiger charge is -2.18. The standard InChI is InChI=1S/C18H20O2/c1-10-9-11(2)13(4)17(12(10)3)15-7-6-8-16(14(15)5)18(19)20/h6-9H,1-5H3,(H,19,20). The minimum Gasteiger partial charge on any atom is -0.478 e. The van der Waals surface area contributed by atoms with Gasteiger partial charge in [-0.25, -0.2) is 4.79 Å². The third kappa shape index (κ3) is 2.22. The fourth-order valence-corrected chi connectivity index (χ4v) is 2.76. The molecule has 2 aromatic carbocycles. The molecule has 0 amide bonds. The van der Waals surface area contributed by atoms with Crippen molar-refractivity contribution >= 4 is 5.97 Å². The highest BCUT2D eigenvalue weighted by atomic mass is 16.4. The Labute approximate surface area is 120 Å². The Morgan fingerprint density at radius 2 is 1.45 bits per heavy atom. The summed E-state index contributed by atoms with van der Waals surface area (Å²) >= 11 is 0. The van der Waals surface area contributed by atoms with E-state index in [9.17, 15) is 9.90 Å². The van der Waals surface area contributed by atoms with Gasteiger partial charge in [0.15, 0.2) is 0 Å². The van der Waals surface area contributed by atoms with Crippen molar-refractivity contribution in [3.05, 3.63) is 57.6 Å². The molecule has 0 saturated heterocycles. The van der Waals surface area contributed by atoms with Crippen LogP contribution in [0, 0.1) is 34.6 Å². The summed E-state index contributed by atoms with van der Waals surface area (Å²) in [6.07, 6.45) is 0. The quantitative estimate of drug-likeness (QED) is 0.864. The Hall–Kier alpha value is -2.09. The predicted octanol–water partition coefficient (Wildman–Crippen LogP) is 4.59. The summed E-state index contributed by atoms with van der Waals surface area (Å²) in [6, 6.07) is 7.68. The van der Waals surface area contributed by atoms with Gasteiger partial charge in [0.05, 0.1) is 5.56 Å². The molecule has 20 heavy (non-hydrogen) atoms. The molecule has 2 heteroatoms. The van der Waals surface area contributed by atoms with Crippen molar-refractivity contribution in [3.8, 4) is 11.1 Å². The molecule has 0 aromatic heterocycles. The molecule has 0 fully saturated rings. The molecule has 104 valence electrons. The number of aryl methyl sites for hydroxylation is 2. The van der Waals surface area contributed by atoms with Crippen LogP contribution >= 0.6 is 0 Å². The second-order valence-electron chi connectivity index (χ2n) is 5.42. The smallest absolute Gasteiger partial charge is 0.335 e. The number of benzene rings is 2. The summed E-state index contributed by atoms with van der Waals surface area (Å²) in [5.41, 5.74) is 8.32. The molecule has 0 aliphatic rings. The van der Waals surface area contributed by atoms with Crippen LogP contribution in [-0.4, -0.2) is 11.1 Å². The molecule has 2 aromatic rings. The zero-order chi connectivity index (χ0) is 15.0. The Morgan fingerprint density at radius 1 is 0.900 bits per heavy atom. The summed E-state index contributed by atoms with van der Waals surface area (Å²) in [7, 11) is 0. The van der Waals surface area contributed by atoms with Gasteiger partial charge in [-0.1, -0.05) is 18.2 Å². The number of carbonyl (C=O) groups is 1. The highest BCUT2D eigenvalue weighted by molar-refractivity contribution is 5.92. The zero-order valence-electron chi connectivity index (χ0n) is 12.7. The summed E-state index contributed by atoms with van der Waals surface area (Å²) in [6.45, 7) is 10.3. The monoisotopic (exact) mass is 268 g/mol. The molecule has 0 saturated carbocycles. The Morgan fingerprint density at radius 3 is 1.95 bits per heavy atom. The molecule has 0 radical (unpaired) electrons. The summed E-state index contributed by atoms with van der Waals surface area (Å²) in [4.78, 5) is 11.3. The fraction of sp³-hybridized carbons (Fsp3) is 0.278. The van der Waals surface area contributed by atoms with Crippen molar-refractivity contribution in [1.82, 2.24) is 0 Å². The summed E-state index contributed by atoms with van der Waals surface area (Å²) < 4.78 is 0. The van der Waals surface area contributed by atoms with Gasteiger partial charge in [0.25, 0.3) is 0 Å². The third-order valence-corrected chi connectivity index (χ3v) is 4.20. The molecule has 0 bridgehead atoms. The first-order valence-corrected chi connectivity index (χ1v) is 6.75. The van der Waals surface area contributed by atoms with Gasteiger partial charge < -0.3 is 5.11 Å². The number of carboxylic acids is 1. The van der Waals surface area contributed by atoms with Crippen LogP contribution in [0.3, 0.4) is 0 Å². The van der Waals surface area contributed by atoms with Gasteiger partial charge in [-0.15, -0.1) is 0 Å². The molecule has 2 nitrogen and oxygen atoms in total. The first-order chi connectivity index (χ1) is 9.34. The lowest BCUT2D eigenvalue weighted by atomic mass is 9.86. The first-order valence-electron chi connectivity index (χ1n) is 6.75. The largest absolute Gasteiger partial charge is 0.478 e. The minimum atomic E-state index is -0.871. The molecular weight excluding hydrogens is 248 g/mol. The van der Waals surface area contributed by atoms with Crippen LogP contribution in [0.4, 0.5) is 0 Å². The van der Waals surface area contributed by atoms with E-state index in [4.69, 9.17) is 0 Å². The molecule has 0 heterocycles. The van der Waals surface area contributed by atoms with Crippen LogP contribution in [-0.2, 0) is 0 Å². The normalized spacial score (nSPS) is 10.7. The Kier molecular flexibility index (Phi) is 3.67. The lowest BCUT2D eigenvalue weighted by Crippen LogP contribution is -2.03. The molecule has 2 rings (SSSR count). The van der Waals surface area contributed by atoms with Gasteiger partial charge in [0.1, 0.15) is 0 Å². The predicted molar refractivity (Wildman–Crippen MR) is 82.5 cm³/mol. The van der Waals surface area contributed by atoms with E-state index in [2.05, 4.69) is 33.8 Å². The first kappa shape index (κ1) is 14.3. The Balaban J connectivity index is 2.82. The van der Waals surface area contributed by atoms with E-state index in [-0.39, 0.29) is 0 Å². The van der Waals surface area contributed by atoms with E-state index in [1.807, 2.05) is 19.1 Å². The molecule has 0 aliphatic carbocycles. The van der Waals surface area contributed by atoms with Gasteiger partial charge in [-0.05, 0) is 79.6 Å². The van der Waals surface area contributed by atoms with E-state index in [0.29, 0.717) is 5.56 Å². The topological polar surface area (TPSA) is 37.3 Å². The van der Waals surface area contributed by atoms with Crippen LogP contribution in [0.15, 0.2) is 24.3 Å². The highest BCUT2D eigenvalue weighted by Gasteiger charge is 2.16. The lowest BCUT2D eigenvalue weighted by molar-refractivity contribution is 0.0696. The van der Waals surface area contributed by atoms with Crippen LogP contribution in [0.2, 0.25) is 0 Å². The number of aromatic carboxylic acids is 1. The Bertz CT molecular complexity index is 671. The molecular formula is C18H20O2. The third-order valence-electron chi connectivity index (χ3n) is 4.20. The SMILES string of the molecule is Cc1cc(C)c(C)c(-c2cccc(C(=O)O)c2C)c1C. The molecule has 0 spiro atoms. The van der Waals surface area contributed by atoms with Crippen LogP contribution in [0.5, 0.6) is 0 Å². The van der Waals surface area contributed by atoms with Crippen LogP contribution < -0.4 is 0 Å². The second-order valence-corrected chi connectivity index (χ2v) is 5.42. The van der Waals surface area contributed by atoms with E-state index in [1.165, 1.54) is 27.8 Å². The van der Waals surface area contributed by atoms with Crippen LogP contribution in [0.25, 0.3) is 11.1 Å². The number of hydrogen-bond acceptors (Lipinski definition) is 1. The maximum Gasteiger partial charge on any atom is 0.335 e. The van der Waals surface area contributed by atoms with Gasteiger partial charge >= 0.3 is 5.97 Å². The number of hydrogen-bond donors (Lipinski definition) is 1. The molecule has 0 atom stereocenters. The van der Waals surface area contributed by atoms with E-state index < -0.39 is 5.97 Å². The van der Waals surface area contributed by atoms with Crippen molar-refractivity contribution < 1.29 is 9.90 Å². The number of carboxylic acid groups (broad SMARTS) is 1. The van der Waals surface area contributed by atoms with Crippen molar-refractivity contribution in [3.63, 3.8) is 0 Å². The van der Waals surface area contributed by atoms with Gasteiger partial charge in [-0.2, -0.15) is 0 Å². The average Bonchev–Trinajstić information content (AvgIpc) is 2.38. The maximum absolute atomic E-state index is 11.3. The zero-order valence-corrected chi connectivity index (χ0v) is 12.7. The van der Waals surface area contributed by atoms with Gasteiger partial charge in [0, 0.05) is 0 Å². The van der Waals surface area contributed by atoms with Gasteiger partial charge in [0.2, 0.25) is 0 Å². The number of rotatable bonds is 2. The fourth-order valence-electron chi connectivity index (χ4n) is 2.76. The minimum absolute atomic E-state index is 0.375. The molecule has 0 aliphatic heterocycles. The van der Waals surface area contributed by atoms with Crippen LogP contribution in [0.1, 0.15) is 38.2 Å². The summed E-state index contributed by atoms with van der Waals surface area (Å²) in [5.74, 6) is -0.871. The van der Waals surface area contributed by atoms with E-state index >= 15 is 0 Å². The highest BCUT2D eigenvalue weighted by Crippen LogP contribution is 2.34. The van der Waals surface area contributed by atoms with Crippen molar-refractivity contribution in [2.45, 2.75) is 34.6 Å². The van der Waals surface area contributed by atoms with Crippen molar-refractivity contribution in [2.75, 3.05) is 0 Å². The summed E-state index contributed by atoms with van der Waals surface area (Å²) in [5, 5.41) is 9.28. The maximum atomic E-state index is 11.3. The van der Waals surface area contributed by atoms with E-state index in [0.717, 1.165) is 11.1 Å². The average molecular weight is 268 g/mol. The second kappa shape index (κ2) is 5.12. The molecule has 0 unspecified atom stereocenters. The van der Waals surface area contributed by atoms with Crippen molar-refractivity contribution in [1.29, 1.82) is 0 Å². The van der Waals surface area contributed by atoms with Crippen molar-refractivity contribution in [2.24, 2.45) is 0 Å². The van der Waals surface area contributed by atoms with Gasteiger partial charge in [-0.3, -0.25) is 0 Å². The van der Waals surface area contributed by atoms with E-state index in [1.54, 1.807) is 6.07 Å².